The predicted molar refractivity (Wildman–Crippen MR) is 86.5 cm³/mol. The highest BCUT2D eigenvalue weighted by atomic mass is 79.9. The van der Waals surface area contributed by atoms with Gasteiger partial charge >= 0.3 is 0 Å². The lowest BCUT2D eigenvalue weighted by atomic mass is 10.3. The number of anilines is 1. The number of fused-ring (bicyclic) bond motifs is 1. The van der Waals surface area contributed by atoms with Crippen molar-refractivity contribution in [3.8, 4) is 0 Å². The minimum absolute atomic E-state index is 0.743. The normalized spacial score (nSPS) is 11.2. The molecular weight excluding hydrogens is 336 g/mol. The maximum atomic E-state index is 4.60. The maximum Gasteiger partial charge on any atom is 0.194 e. The Kier molecular flexibility index (Phi) is 3.52. The SMILES string of the molecule is Cc1cc(NCc2c(C)nc3scc(C)n23)cnc1Br. The van der Waals surface area contributed by atoms with E-state index in [4.69, 9.17) is 0 Å². The van der Waals surface area contributed by atoms with Crippen LogP contribution in [0.3, 0.4) is 0 Å². The van der Waals surface area contributed by atoms with Crippen molar-refractivity contribution in [1.29, 1.82) is 0 Å². The molecule has 104 valence electrons. The Balaban J connectivity index is 1.88. The van der Waals surface area contributed by atoms with Gasteiger partial charge in [0.2, 0.25) is 0 Å². The molecule has 3 rings (SSSR count). The van der Waals surface area contributed by atoms with Gasteiger partial charge in [0, 0.05) is 11.1 Å². The fourth-order valence-electron chi connectivity index (χ4n) is 2.22. The molecule has 0 aliphatic heterocycles. The predicted octanol–water partition coefficient (Wildman–Crippen LogP) is 4.09. The van der Waals surface area contributed by atoms with Crippen molar-refractivity contribution < 1.29 is 0 Å². The summed E-state index contributed by atoms with van der Waals surface area (Å²) in [4.78, 5) is 9.96. The second kappa shape index (κ2) is 5.18. The largest absolute Gasteiger partial charge is 0.378 e. The van der Waals surface area contributed by atoms with Gasteiger partial charge < -0.3 is 5.32 Å². The van der Waals surface area contributed by atoms with Gasteiger partial charge in [-0.25, -0.2) is 9.97 Å². The number of imidazole rings is 1. The van der Waals surface area contributed by atoms with Crippen molar-refractivity contribution in [2.45, 2.75) is 27.3 Å². The summed E-state index contributed by atoms with van der Waals surface area (Å²) in [6.45, 7) is 6.95. The van der Waals surface area contributed by atoms with Gasteiger partial charge in [-0.1, -0.05) is 0 Å². The van der Waals surface area contributed by atoms with E-state index in [-0.39, 0.29) is 0 Å². The van der Waals surface area contributed by atoms with Crippen LogP contribution in [0.1, 0.15) is 22.6 Å². The van der Waals surface area contributed by atoms with Gasteiger partial charge in [0.1, 0.15) is 4.60 Å². The molecule has 3 aromatic rings. The minimum Gasteiger partial charge on any atom is -0.378 e. The number of pyridine rings is 1. The van der Waals surface area contributed by atoms with Crippen molar-refractivity contribution in [2.75, 3.05) is 5.32 Å². The van der Waals surface area contributed by atoms with Crippen molar-refractivity contribution in [3.63, 3.8) is 0 Å². The molecular formula is C14H15BrN4S. The van der Waals surface area contributed by atoms with Crippen LogP contribution in [-0.4, -0.2) is 14.4 Å². The van der Waals surface area contributed by atoms with Crippen LogP contribution >= 0.6 is 27.3 Å². The number of rotatable bonds is 3. The molecule has 0 fully saturated rings. The fourth-order valence-corrected chi connectivity index (χ4v) is 3.36. The van der Waals surface area contributed by atoms with Gasteiger partial charge in [0.25, 0.3) is 0 Å². The quantitative estimate of drug-likeness (QED) is 0.723. The molecule has 0 aliphatic carbocycles. The smallest absolute Gasteiger partial charge is 0.194 e. The van der Waals surface area contributed by atoms with E-state index in [2.05, 4.69) is 60.9 Å². The van der Waals surface area contributed by atoms with Crippen LogP contribution in [0, 0.1) is 20.8 Å². The van der Waals surface area contributed by atoms with Crippen molar-refractivity contribution in [2.24, 2.45) is 0 Å². The Labute approximate surface area is 130 Å². The van der Waals surface area contributed by atoms with E-state index in [0.717, 1.165) is 33.1 Å². The van der Waals surface area contributed by atoms with E-state index in [1.54, 1.807) is 11.3 Å². The van der Waals surface area contributed by atoms with Gasteiger partial charge in [-0.05, 0) is 48.3 Å². The molecule has 0 aromatic carbocycles. The monoisotopic (exact) mass is 350 g/mol. The first kappa shape index (κ1) is 13.6. The number of halogens is 1. The molecule has 6 heteroatoms. The molecule has 0 spiro atoms. The first-order valence-electron chi connectivity index (χ1n) is 6.34. The Morgan fingerprint density at radius 2 is 2.15 bits per heavy atom. The van der Waals surface area contributed by atoms with Gasteiger partial charge in [0.15, 0.2) is 4.96 Å². The van der Waals surface area contributed by atoms with Crippen molar-refractivity contribution in [1.82, 2.24) is 14.4 Å². The number of thiazole rings is 1. The molecule has 0 atom stereocenters. The summed E-state index contributed by atoms with van der Waals surface area (Å²) in [5.41, 5.74) is 5.66. The van der Waals surface area contributed by atoms with Gasteiger partial charge in [0.05, 0.1) is 29.8 Å². The standard InChI is InChI=1S/C14H15BrN4S/c1-8-4-11(5-17-13(8)15)16-6-12-10(3)18-14-19(12)9(2)7-20-14/h4-5,7,16H,6H2,1-3H3. The van der Waals surface area contributed by atoms with Gasteiger partial charge in [-0.2, -0.15) is 0 Å². The molecule has 0 amide bonds. The molecule has 0 saturated carbocycles. The average molecular weight is 351 g/mol. The third kappa shape index (κ3) is 2.33. The Morgan fingerprint density at radius 3 is 2.90 bits per heavy atom. The Bertz CT molecular complexity index is 775. The lowest BCUT2D eigenvalue weighted by Crippen LogP contribution is -2.05. The number of nitrogens with one attached hydrogen (secondary N) is 1. The molecule has 0 unspecified atom stereocenters. The highest BCUT2D eigenvalue weighted by molar-refractivity contribution is 9.10. The lowest BCUT2D eigenvalue weighted by Gasteiger charge is -2.08. The molecule has 3 aromatic heterocycles. The topological polar surface area (TPSA) is 42.2 Å². The molecule has 4 nitrogen and oxygen atoms in total. The molecule has 0 aliphatic rings. The number of hydrogen-bond acceptors (Lipinski definition) is 4. The zero-order valence-electron chi connectivity index (χ0n) is 11.6. The summed E-state index contributed by atoms with van der Waals surface area (Å²) in [7, 11) is 0. The van der Waals surface area contributed by atoms with Crippen molar-refractivity contribution >= 4 is 37.9 Å². The summed E-state index contributed by atoms with van der Waals surface area (Å²) in [6, 6.07) is 2.09. The van der Waals surface area contributed by atoms with Crippen LogP contribution in [-0.2, 0) is 6.54 Å². The van der Waals surface area contributed by atoms with Crippen LogP contribution in [0.4, 0.5) is 5.69 Å². The fraction of sp³-hybridized carbons (Fsp3) is 0.286. The van der Waals surface area contributed by atoms with Gasteiger partial charge in [-0.15, -0.1) is 11.3 Å². The molecule has 3 heterocycles. The van der Waals surface area contributed by atoms with E-state index in [1.807, 2.05) is 13.1 Å². The van der Waals surface area contributed by atoms with Crippen LogP contribution in [0.25, 0.3) is 4.96 Å². The third-order valence-corrected chi connectivity index (χ3v) is 5.08. The molecule has 1 N–H and O–H groups in total. The van der Waals surface area contributed by atoms with E-state index in [0.29, 0.717) is 0 Å². The van der Waals surface area contributed by atoms with E-state index in [9.17, 15) is 0 Å². The zero-order valence-corrected chi connectivity index (χ0v) is 14.0. The molecule has 0 saturated heterocycles. The van der Waals surface area contributed by atoms with Crippen molar-refractivity contribution in [3.05, 3.63) is 44.9 Å². The lowest BCUT2D eigenvalue weighted by molar-refractivity contribution is 0.964. The zero-order chi connectivity index (χ0) is 14.3. The maximum absolute atomic E-state index is 4.60. The van der Waals surface area contributed by atoms with E-state index < -0.39 is 0 Å². The summed E-state index contributed by atoms with van der Waals surface area (Å²) in [5, 5.41) is 5.56. The number of aromatic nitrogens is 3. The molecule has 0 bridgehead atoms. The van der Waals surface area contributed by atoms with Crippen LogP contribution in [0.5, 0.6) is 0 Å². The number of hydrogen-bond donors (Lipinski definition) is 1. The summed E-state index contributed by atoms with van der Waals surface area (Å²) < 4.78 is 3.10. The molecule has 20 heavy (non-hydrogen) atoms. The highest BCUT2D eigenvalue weighted by Crippen LogP contribution is 2.22. The third-order valence-electron chi connectivity index (χ3n) is 3.30. The minimum atomic E-state index is 0.743. The number of nitrogens with zero attached hydrogens (tertiary/aromatic N) is 3. The second-order valence-corrected chi connectivity index (χ2v) is 6.41. The Hall–Kier alpha value is -1.40. The summed E-state index contributed by atoms with van der Waals surface area (Å²) in [5.74, 6) is 0. The van der Waals surface area contributed by atoms with E-state index >= 15 is 0 Å². The highest BCUT2D eigenvalue weighted by Gasteiger charge is 2.11. The Morgan fingerprint density at radius 1 is 1.35 bits per heavy atom. The summed E-state index contributed by atoms with van der Waals surface area (Å²) in [6.07, 6.45) is 1.84. The summed E-state index contributed by atoms with van der Waals surface area (Å²) >= 11 is 5.10. The van der Waals surface area contributed by atoms with Crippen LogP contribution in [0.2, 0.25) is 0 Å². The van der Waals surface area contributed by atoms with Crippen LogP contribution < -0.4 is 5.32 Å². The second-order valence-electron chi connectivity index (χ2n) is 4.82. The van der Waals surface area contributed by atoms with Crippen LogP contribution in [0.15, 0.2) is 22.2 Å². The van der Waals surface area contributed by atoms with Gasteiger partial charge in [-0.3, -0.25) is 4.40 Å². The molecule has 0 radical (unpaired) electrons. The average Bonchev–Trinajstić information content (AvgIpc) is 2.91. The first-order chi connectivity index (χ1) is 9.56. The number of aryl methyl sites for hydroxylation is 3. The first-order valence-corrected chi connectivity index (χ1v) is 8.01. The van der Waals surface area contributed by atoms with E-state index in [1.165, 1.54) is 11.4 Å².